The van der Waals surface area contributed by atoms with Crippen LogP contribution in [0.5, 0.6) is 0 Å². The number of nitrogens with one attached hydrogen (secondary N) is 1. The van der Waals surface area contributed by atoms with E-state index in [-0.39, 0.29) is 6.04 Å². The summed E-state index contributed by atoms with van der Waals surface area (Å²) in [5.74, 6) is 0.447. The molecule has 1 atom stereocenters. The van der Waals surface area contributed by atoms with Gasteiger partial charge in [-0.15, -0.1) is 0 Å². The third kappa shape index (κ3) is 3.69. The number of likely N-dealkylation sites (N-methyl/N-ethyl adjacent to an activating group) is 1. The maximum absolute atomic E-state index is 11.9. The molecule has 2 fully saturated rings. The van der Waals surface area contributed by atoms with Crippen molar-refractivity contribution in [3.63, 3.8) is 0 Å². The molecule has 19 heavy (non-hydrogen) atoms. The quantitative estimate of drug-likeness (QED) is 0.671. The summed E-state index contributed by atoms with van der Waals surface area (Å²) in [6, 6.07) is 0.205. The van der Waals surface area contributed by atoms with Gasteiger partial charge < -0.3 is 10.0 Å². The van der Waals surface area contributed by atoms with E-state index in [1.54, 1.807) is 0 Å². The molecule has 0 heterocycles. The van der Waals surface area contributed by atoms with Crippen LogP contribution in [0.15, 0.2) is 0 Å². The number of nitrogens with zero attached hydrogens (tertiary/aromatic N) is 1. The molecule has 1 unspecified atom stereocenters. The maximum atomic E-state index is 11.9. The second-order valence-electron chi connectivity index (χ2n) is 6.62. The molecule has 110 valence electrons. The van der Waals surface area contributed by atoms with Gasteiger partial charge in [-0.1, -0.05) is 6.92 Å². The van der Waals surface area contributed by atoms with Crippen molar-refractivity contribution in [2.75, 3.05) is 19.6 Å². The van der Waals surface area contributed by atoms with Gasteiger partial charge in [0.15, 0.2) is 0 Å². The molecule has 0 spiro atoms. The highest BCUT2D eigenvalue weighted by Gasteiger charge is 2.52. The Morgan fingerprint density at radius 1 is 1.37 bits per heavy atom. The van der Waals surface area contributed by atoms with Gasteiger partial charge in [0, 0.05) is 19.1 Å². The van der Waals surface area contributed by atoms with Gasteiger partial charge in [-0.05, 0) is 57.9 Å². The lowest BCUT2D eigenvalue weighted by atomic mass is 9.91. The highest BCUT2D eigenvalue weighted by Crippen LogP contribution is 2.41. The van der Waals surface area contributed by atoms with Gasteiger partial charge in [0.25, 0.3) is 0 Å². The highest BCUT2D eigenvalue weighted by atomic mass is 16.4. The lowest BCUT2D eigenvalue weighted by Gasteiger charge is -2.37. The molecule has 2 rings (SSSR count). The molecular weight excluding hydrogens is 240 g/mol. The lowest BCUT2D eigenvalue weighted by molar-refractivity contribution is -0.147. The molecule has 4 heteroatoms. The van der Waals surface area contributed by atoms with Crippen LogP contribution in [0, 0.1) is 11.8 Å². The zero-order valence-corrected chi connectivity index (χ0v) is 12.5. The Morgan fingerprint density at radius 3 is 2.37 bits per heavy atom. The van der Waals surface area contributed by atoms with Crippen LogP contribution in [-0.4, -0.2) is 47.2 Å². The summed E-state index contributed by atoms with van der Waals surface area (Å²) in [6.45, 7) is 8.87. The second-order valence-corrected chi connectivity index (χ2v) is 6.62. The summed E-state index contributed by atoms with van der Waals surface area (Å²) < 4.78 is 0. The van der Waals surface area contributed by atoms with Crippen molar-refractivity contribution in [1.29, 1.82) is 0 Å². The summed E-state index contributed by atoms with van der Waals surface area (Å²) in [5.41, 5.74) is -0.737. The third-order valence-electron chi connectivity index (χ3n) is 4.34. The van der Waals surface area contributed by atoms with Gasteiger partial charge >= 0.3 is 5.97 Å². The first-order valence-electron chi connectivity index (χ1n) is 7.71. The summed E-state index contributed by atoms with van der Waals surface area (Å²) in [4.78, 5) is 14.2. The largest absolute Gasteiger partial charge is 0.480 e. The Balaban J connectivity index is 2.07. The standard InChI is InChI=1S/C15H28N2O2/c1-4-17(9-12-5-6-12)10-15(14(18)19,13-7-8-13)16-11(2)3/h11-13,16H,4-10H2,1-3H3,(H,18,19). The van der Waals surface area contributed by atoms with Crippen molar-refractivity contribution in [2.24, 2.45) is 11.8 Å². The molecule has 0 bridgehead atoms. The molecular formula is C15H28N2O2. The van der Waals surface area contributed by atoms with Crippen molar-refractivity contribution in [2.45, 2.75) is 58.0 Å². The minimum absolute atomic E-state index is 0.205. The summed E-state index contributed by atoms with van der Waals surface area (Å²) in [6.07, 6.45) is 4.73. The zero-order valence-electron chi connectivity index (χ0n) is 12.5. The molecule has 2 aliphatic carbocycles. The molecule has 2 aliphatic rings. The monoisotopic (exact) mass is 268 g/mol. The van der Waals surface area contributed by atoms with Crippen LogP contribution in [0.3, 0.4) is 0 Å². The van der Waals surface area contributed by atoms with Gasteiger partial charge in [0.1, 0.15) is 5.54 Å². The molecule has 0 aromatic carbocycles. The topological polar surface area (TPSA) is 52.6 Å². The predicted octanol–water partition coefficient (Wildman–Crippen LogP) is 1.95. The van der Waals surface area contributed by atoms with Gasteiger partial charge in [0.05, 0.1) is 0 Å². The van der Waals surface area contributed by atoms with E-state index < -0.39 is 11.5 Å². The van der Waals surface area contributed by atoms with E-state index in [2.05, 4.69) is 17.1 Å². The van der Waals surface area contributed by atoms with Crippen molar-refractivity contribution in [1.82, 2.24) is 10.2 Å². The lowest BCUT2D eigenvalue weighted by Crippen LogP contribution is -2.62. The van der Waals surface area contributed by atoms with Crippen molar-refractivity contribution < 1.29 is 9.90 Å². The van der Waals surface area contributed by atoms with Gasteiger partial charge in [-0.2, -0.15) is 0 Å². The van der Waals surface area contributed by atoms with Crippen molar-refractivity contribution in [3.8, 4) is 0 Å². The molecule has 0 amide bonds. The Kier molecular flexibility index (Phi) is 4.51. The Hall–Kier alpha value is -0.610. The van der Waals surface area contributed by atoms with Crippen molar-refractivity contribution in [3.05, 3.63) is 0 Å². The van der Waals surface area contributed by atoms with Crippen LogP contribution < -0.4 is 5.32 Å². The normalized spacial score (nSPS) is 22.8. The molecule has 2 saturated carbocycles. The summed E-state index contributed by atoms with van der Waals surface area (Å²) >= 11 is 0. The van der Waals surface area contributed by atoms with E-state index in [0.717, 1.165) is 31.8 Å². The molecule has 0 radical (unpaired) electrons. The molecule has 2 N–H and O–H groups in total. The average molecular weight is 268 g/mol. The number of hydrogen-bond donors (Lipinski definition) is 2. The molecule has 0 aliphatic heterocycles. The number of hydrogen-bond acceptors (Lipinski definition) is 3. The molecule has 0 aromatic rings. The highest BCUT2D eigenvalue weighted by molar-refractivity contribution is 5.80. The SMILES string of the molecule is CCN(CC1CC1)CC(NC(C)C)(C(=O)O)C1CC1. The van der Waals surface area contributed by atoms with E-state index in [9.17, 15) is 9.90 Å². The van der Waals surface area contributed by atoms with E-state index in [1.807, 2.05) is 13.8 Å². The number of rotatable bonds is 9. The molecule has 0 aromatic heterocycles. The number of carboxylic acid groups (broad SMARTS) is 1. The van der Waals surface area contributed by atoms with Crippen LogP contribution in [-0.2, 0) is 4.79 Å². The Morgan fingerprint density at radius 2 is 2.00 bits per heavy atom. The minimum atomic E-state index is -0.737. The Bertz CT molecular complexity index is 324. The first-order valence-corrected chi connectivity index (χ1v) is 7.71. The fourth-order valence-electron chi connectivity index (χ4n) is 3.01. The van der Waals surface area contributed by atoms with Gasteiger partial charge in [0.2, 0.25) is 0 Å². The number of carboxylic acids is 1. The van der Waals surface area contributed by atoms with Crippen LogP contribution in [0.1, 0.15) is 46.5 Å². The third-order valence-corrected chi connectivity index (χ3v) is 4.34. The van der Waals surface area contributed by atoms with Crippen LogP contribution in [0.4, 0.5) is 0 Å². The smallest absolute Gasteiger partial charge is 0.325 e. The minimum Gasteiger partial charge on any atom is -0.480 e. The first-order chi connectivity index (χ1) is 8.98. The first kappa shape index (κ1) is 14.8. The molecule has 4 nitrogen and oxygen atoms in total. The van der Waals surface area contributed by atoms with Gasteiger partial charge in [-0.3, -0.25) is 10.1 Å². The van der Waals surface area contributed by atoms with E-state index in [4.69, 9.17) is 0 Å². The zero-order chi connectivity index (χ0) is 14.0. The second kappa shape index (κ2) is 5.80. The van der Waals surface area contributed by atoms with Crippen LogP contribution >= 0.6 is 0 Å². The van der Waals surface area contributed by atoms with Gasteiger partial charge in [-0.25, -0.2) is 0 Å². The van der Waals surface area contributed by atoms with E-state index in [0.29, 0.717) is 12.5 Å². The number of carbonyl (C=O) groups is 1. The van der Waals surface area contributed by atoms with E-state index in [1.165, 1.54) is 12.8 Å². The maximum Gasteiger partial charge on any atom is 0.325 e. The fraction of sp³-hybridized carbons (Fsp3) is 0.933. The summed E-state index contributed by atoms with van der Waals surface area (Å²) in [5, 5.41) is 13.2. The van der Waals surface area contributed by atoms with Crippen molar-refractivity contribution >= 4 is 5.97 Å². The average Bonchev–Trinajstić information content (AvgIpc) is 3.18. The summed E-state index contributed by atoms with van der Waals surface area (Å²) in [7, 11) is 0. The van der Waals surface area contributed by atoms with Crippen LogP contribution in [0.25, 0.3) is 0 Å². The van der Waals surface area contributed by atoms with Crippen LogP contribution in [0.2, 0.25) is 0 Å². The predicted molar refractivity (Wildman–Crippen MR) is 76.2 cm³/mol. The number of aliphatic carboxylic acids is 1. The molecule has 0 saturated heterocycles. The fourth-order valence-corrected chi connectivity index (χ4v) is 3.01. The van der Waals surface area contributed by atoms with E-state index >= 15 is 0 Å². The Labute approximate surface area is 116 Å².